The quantitative estimate of drug-likeness (QED) is 0.673. The summed E-state index contributed by atoms with van der Waals surface area (Å²) >= 11 is 0. The zero-order valence-corrected chi connectivity index (χ0v) is 17.7. The molecular weight excluding hydrogens is 366 g/mol. The molecule has 0 aliphatic heterocycles. The third-order valence-corrected chi connectivity index (χ3v) is 5.48. The van der Waals surface area contributed by atoms with E-state index in [1.807, 2.05) is 45.0 Å². The average molecular weight is 396 g/mol. The Balaban J connectivity index is 2.11. The first-order valence-corrected chi connectivity index (χ1v) is 9.69. The Kier molecular flexibility index (Phi) is 7.26. The number of amides is 2. The smallest absolute Gasteiger partial charge is 0.251 e. The van der Waals surface area contributed by atoms with Crippen molar-refractivity contribution >= 4 is 18.1 Å². The van der Waals surface area contributed by atoms with Crippen molar-refractivity contribution in [2.75, 3.05) is 7.05 Å². The molecule has 6 heteroatoms. The fraction of sp³-hybridized carbons (Fsp3) is 0.391. The van der Waals surface area contributed by atoms with Crippen LogP contribution in [0.25, 0.3) is 0 Å². The van der Waals surface area contributed by atoms with Crippen LogP contribution < -0.4 is 10.6 Å². The summed E-state index contributed by atoms with van der Waals surface area (Å²) in [5.41, 5.74) is 3.43. The number of nitrogens with zero attached hydrogens (tertiary/aromatic N) is 1. The maximum absolute atomic E-state index is 12.5. The molecule has 2 rings (SSSR count). The Morgan fingerprint density at radius 2 is 1.72 bits per heavy atom. The van der Waals surface area contributed by atoms with E-state index < -0.39 is 5.41 Å². The summed E-state index contributed by atoms with van der Waals surface area (Å²) in [7, 11) is 1.57. The summed E-state index contributed by atoms with van der Waals surface area (Å²) in [6.07, 6.45) is 0.900. The van der Waals surface area contributed by atoms with E-state index >= 15 is 0 Å². The molecule has 0 radical (unpaired) electrons. The first-order chi connectivity index (χ1) is 13.7. The summed E-state index contributed by atoms with van der Waals surface area (Å²) < 4.78 is 0. The molecule has 0 saturated carbocycles. The Bertz CT molecular complexity index is 872. The van der Waals surface area contributed by atoms with Crippen molar-refractivity contribution in [2.24, 2.45) is 5.41 Å². The molecule has 2 unspecified atom stereocenters. The minimum absolute atomic E-state index is 0.126. The highest BCUT2D eigenvalue weighted by molar-refractivity contribution is 5.94. The lowest BCUT2D eigenvalue weighted by Gasteiger charge is -2.32. The number of rotatable bonds is 8. The van der Waals surface area contributed by atoms with Crippen LogP contribution in [0.3, 0.4) is 0 Å². The zero-order chi connectivity index (χ0) is 21.6. The molecule has 0 bridgehead atoms. The summed E-state index contributed by atoms with van der Waals surface area (Å²) in [4.78, 5) is 40.3. The van der Waals surface area contributed by atoms with Gasteiger partial charge in [-0.3, -0.25) is 14.6 Å². The van der Waals surface area contributed by atoms with Gasteiger partial charge in [-0.1, -0.05) is 19.1 Å². The molecule has 1 aromatic carbocycles. The first kappa shape index (κ1) is 22.3. The highest BCUT2D eigenvalue weighted by atomic mass is 16.2. The highest BCUT2D eigenvalue weighted by Crippen LogP contribution is 2.38. The molecule has 1 aromatic heterocycles. The molecule has 0 fully saturated rings. The molecule has 29 heavy (non-hydrogen) atoms. The minimum atomic E-state index is -0.850. The van der Waals surface area contributed by atoms with Crippen LogP contribution in [0.5, 0.6) is 0 Å². The topological polar surface area (TPSA) is 88.2 Å². The lowest BCUT2D eigenvalue weighted by molar-refractivity contribution is -0.133. The van der Waals surface area contributed by atoms with Gasteiger partial charge in [0.05, 0.1) is 5.41 Å². The molecule has 2 aromatic rings. The molecule has 0 aliphatic rings. The van der Waals surface area contributed by atoms with Gasteiger partial charge in [0.25, 0.3) is 5.91 Å². The third kappa shape index (κ3) is 5.28. The fourth-order valence-corrected chi connectivity index (χ4v) is 3.52. The Hall–Kier alpha value is -3.02. The highest BCUT2D eigenvalue weighted by Gasteiger charge is 2.38. The summed E-state index contributed by atoms with van der Waals surface area (Å²) in [5, 5.41) is 5.56. The standard InChI is InChI=1S/C23H29N3O3/c1-15-12-18(13-16(2)26-15)14-25-21(28)20-8-6-19(7-9-20)17(3)23(4,10-11-27)22(29)24-5/h6-9,11-13,17H,10,14H2,1-5H3,(H,24,29)(H,25,28). The molecule has 2 amide bonds. The van der Waals surface area contributed by atoms with E-state index in [1.54, 1.807) is 26.1 Å². The summed E-state index contributed by atoms with van der Waals surface area (Å²) in [6, 6.07) is 11.1. The number of pyridine rings is 1. The number of aromatic nitrogens is 1. The number of benzene rings is 1. The molecule has 154 valence electrons. The molecule has 0 spiro atoms. The van der Waals surface area contributed by atoms with Crippen LogP contribution in [0, 0.1) is 19.3 Å². The van der Waals surface area contributed by atoms with E-state index in [0.29, 0.717) is 12.1 Å². The molecule has 2 N–H and O–H groups in total. The first-order valence-electron chi connectivity index (χ1n) is 9.69. The normalized spacial score (nSPS) is 13.8. The van der Waals surface area contributed by atoms with Crippen LogP contribution >= 0.6 is 0 Å². The fourth-order valence-electron chi connectivity index (χ4n) is 3.52. The predicted octanol–water partition coefficient (Wildman–Crippen LogP) is 3.07. The van der Waals surface area contributed by atoms with Gasteiger partial charge in [-0.2, -0.15) is 0 Å². The number of hydrogen-bond donors (Lipinski definition) is 2. The number of nitrogens with one attached hydrogen (secondary N) is 2. The van der Waals surface area contributed by atoms with Crippen LogP contribution in [0.2, 0.25) is 0 Å². The lowest BCUT2D eigenvalue weighted by Crippen LogP contribution is -2.41. The van der Waals surface area contributed by atoms with Crippen LogP contribution in [-0.2, 0) is 16.1 Å². The second kappa shape index (κ2) is 9.45. The lowest BCUT2D eigenvalue weighted by atomic mass is 9.71. The van der Waals surface area contributed by atoms with E-state index in [-0.39, 0.29) is 24.2 Å². The van der Waals surface area contributed by atoms with Crippen molar-refractivity contribution in [3.8, 4) is 0 Å². The van der Waals surface area contributed by atoms with Crippen molar-refractivity contribution in [1.29, 1.82) is 0 Å². The van der Waals surface area contributed by atoms with Gasteiger partial charge in [-0.15, -0.1) is 0 Å². The SMILES string of the molecule is CNC(=O)C(C)(CC=O)C(C)c1ccc(C(=O)NCc2cc(C)nc(C)c2)cc1. The Morgan fingerprint density at radius 1 is 1.14 bits per heavy atom. The van der Waals surface area contributed by atoms with Gasteiger partial charge in [0.15, 0.2) is 0 Å². The second-order valence-electron chi connectivity index (χ2n) is 7.65. The largest absolute Gasteiger partial charge is 0.359 e. The summed E-state index contributed by atoms with van der Waals surface area (Å²) in [6.45, 7) is 7.98. The van der Waals surface area contributed by atoms with Gasteiger partial charge in [0.1, 0.15) is 6.29 Å². The average Bonchev–Trinajstić information content (AvgIpc) is 2.70. The summed E-state index contributed by atoms with van der Waals surface area (Å²) in [5.74, 6) is -0.535. The maximum Gasteiger partial charge on any atom is 0.251 e. The van der Waals surface area contributed by atoms with E-state index in [0.717, 1.165) is 28.8 Å². The third-order valence-electron chi connectivity index (χ3n) is 5.48. The van der Waals surface area contributed by atoms with Crippen molar-refractivity contribution in [3.05, 3.63) is 64.5 Å². The monoisotopic (exact) mass is 395 g/mol. The molecule has 0 saturated heterocycles. The molecular formula is C23H29N3O3. The molecule has 2 atom stereocenters. The van der Waals surface area contributed by atoms with Gasteiger partial charge in [-0.05, 0) is 62.1 Å². The van der Waals surface area contributed by atoms with E-state index in [1.165, 1.54) is 0 Å². The number of carbonyl (C=O) groups is 3. The van der Waals surface area contributed by atoms with Gasteiger partial charge in [-0.25, -0.2) is 0 Å². The van der Waals surface area contributed by atoms with Crippen LogP contribution in [0.15, 0.2) is 36.4 Å². The van der Waals surface area contributed by atoms with Gasteiger partial charge < -0.3 is 15.4 Å². The number of aldehydes is 1. The second-order valence-corrected chi connectivity index (χ2v) is 7.65. The molecule has 6 nitrogen and oxygen atoms in total. The van der Waals surface area contributed by atoms with Gasteiger partial charge >= 0.3 is 0 Å². The van der Waals surface area contributed by atoms with Crippen molar-refractivity contribution < 1.29 is 14.4 Å². The number of hydrogen-bond acceptors (Lipinski definition) is 4. The number of carbonyl (C=O) groups excluding carboxylic acids is 3. The Morgan fingerprint density at radius 3 is 2.24 bits per heavy atom. The van der Waals surface area contributed by atoms with Crippen LogP contribution in [0.4, 0.5) is 0 Å². The molecule has 1 heterocycles. The van der Waals surface area contributed by atoms with E-state index in [9.17, 15) is 14.4 Å². The maximum atomic E-state index is 12.5. The van der Waals surface area contributed by atoms with E-state index in [4.69, 9.17) is 0 Å². The van der Waals surface area contributed by atoms with Crippen LogP contribution in [-0.4, -0.2) is 30.1 Å². The minimum Gasteiger partial charge on any atom is -0.359 e. The van der Waals surface area contributed by atoms with E-state index in [2.05, 4.69) is 15.6 Å². The van der Waals surface area contributed by atoms with Crippen molar-refractivity contribution in [2.45, 2.75) is 46.6 Å². The van der Waals surface area contributed by atoms with Crippen LogP contribution in [0.1, 0.15) is 59.1 Å². The van der Waals surface area contributed by atoms with Gasteiger partial charge in [0, 0.05) is 37.0 Å². The van der Waals surface area contributed by atoms with Crippen molar-refractivity contribution in [3.63, 3.8) is 0 Å². The molecule has 0 aliphatic carbocycles. The van der Waals surface area contributed by atoms with Gasteiger partial charge in [0.2, 0.25) is 5.91 Å². The predicted molar refractivity (Wildman–Crippen MR) is 113 cm³/mol. The zero-order valence-electron chi connectivity index (χ0n) is 17.7. The van der Waals surface area contributed by atoms with Crippen molar-refractivity contribution in [1.82, 2.24) is 15.6 Å². The number of aryl methyl sites for hydroxylation is 2. The Labute approximate surface area is 172 Å².